The van der Waals surface area contributed by atoms with Crippen LogP contribution in [-0.2, 0) is 16.8 Å². The van der Waals surface area contributed by atoms with E-state index in [1.54, 1.807) is 0 Å². The molecule has 1 aromatic carbocycles. The maximum atomic E-state index is 12.0. The summed E-state index contributed by atoms with van der Waals surface area (Å²) >= 11 is 0. The number of benzene rings is 1. The van der Waals surface area contributed by atoms with E-state index in [4.69, 9.17) is 5.73 Å². The lowest BCUT2D eigenvalue weighted by atomic mass is 9.89. The fourth-order valence-corrected chi connectivity index (χ4v) is 2.67. The Morgan fingerprint density at radius 2 is 2.22 bits per heavy atom. The van der Waals surface area contributed by atoms with Crippen LogP contribution in [0.1, 0.15) is 37.0 Å². The second-order valence-electron chi connectivity index (χ2n) is 5.70. The molecule has 0 bridgehead atoms. The zero-order valence-electron chi connectivity index (χ0n) is 11.4. The Morgan fingerprint density at radius 1 is 1.50 bits per heavy atom. The van der Waals surface area contributed by atoms with Crippen molar-refractivity contribution in [3.05, 3.63) is 34.9 Å². The first-order chi connectivity index (χ1) is 8.45. The monoisotopic (exact) mass is 246 g/mol. The molecule has 1 aliphatic carbocycles. The second kappa shape index (κ2) is 4.73. The largest absolute Gasteiger partial charge is 0.368 e. The van der Waals surface area contributed by atoms with Gasteiger partial charge in [-0.25, -0.2) is 0 Å². The Bertz CT molecular complexity index is 468. The van der Waals surface area contributed by atoms with Gasteiger partial charge in [-0.2, -0.15) is 0 Å². The van der Waals surface area contributed by atoms with Gasteiger partial charge in [0.05, 0.1) is 0 Å². The van der Waals surface area contributed by atoms with Gasteiger partial charge >= 0.3 is 0 Å². The fourth-order valence-electron chi connectivity index (χ4n) is 2.67. The highest BCUT2D eigenvalue weighted by molar-refractivity contribution is 5.87. The van der Waals surface area contributed by atoms with E-state index in [0.29, 0.717) is 5.92 Å². The molecule has 3 heteroatoms. The molecule has 0 aliphatic heterocycles. The molecule has 0 saturated heterocycles. The van der Waals surface area contributed by atoms with Gasteiger partial charge in [-0.3, -0.25) is 10.1 Å². The molecule has 1 aliphatic rings. The molecule has 0 saturated carbocycles. The summed E-state index contributed by atoms with van der Waals surface area (Å²) in [4.78, 5) is 12.0. The number of rotatable bonds is 4. The molecule has 0 radical (unpaired) electrons. The van der Waals surface area contributed by atoms with Gasteiger partial charge in [-0.05, 0) is 43.4 Å². The molecule has 1 amide bonds. The minimum atomic E-state index is -0.661. The summed E-state index contributed by atoms with van der Waals surface area (Å²) in [6.07, 6.45) is 1.69. The van der Waals surface area contributed by atoms with E-state index in [1.165, 1.54) is 11.1 Å². The number of amides is 1. The smallest absolute Gasteiger partial charge is 0.242 e. The van der Waals surface area contributed by atoms with Crippen LogP contribution >= 0.6 is 0 Å². The quantitative estimate of drug-likeness (QED) is 0.852. The van der Waals surface area contributed by atoms with Gasteiger partial charge in [0.1, 0.15) is 5.54 Å². The van der Waals surface area contributed by atoms with Crippen LogP contribution in [0.2, 0.25) is 0 Å². The number of fused-ring (bicyclic) bond motifs is 1. The number of nitrogens with two attached hydrogens (primary N) is 1. The number of carbonyl (C=O) groups is 1. The first-order valence-corrected chi connectivity index (χ1v) is 6.60. The molecule has 0 heterocycles. The molecule has 1 atom stereocenters. The first kappa shape index (κ1) is 13.1. The number of aryl methyl sites for hydroxylation is 2. The Hall–Kier alpha value is -1.35. The minimum Gasteiger partial charge on any atom is -0.368 e. The fraction of sp³-hybridized carbons (Fsp3) is 0.533. The summed E-state index contributed by atoms with van der Waals surface area (Å²) in [5, 5.41) is 3.40. The van der Waals surface area contributed by atoms with Gasteiger partial charge in [0.25, 0.3) is 0 Å². The van der Waals surface area contributed by atoms with Crippen LogP contribution in [-0.4, -0.2) is 12.5 Å². The highest BCUT2D eigenvalue weighted by Gasteiger charge is 2.43. The molecular weight excluding hydrogens is 224 g/mol. The molecule has 18 heavy (non-hydrogen) atoms. The lowest BCUT2D eigenvalue weighted by Crippen LogP contribution is -2.52. The molecule has 1 aromatic rings. The summed E-state index contributed by atoms with van der Waals surface area (Å²) in [6, 6.07) is 6.31. The van der Waals surface area contributed by atoms with Crippen LogP contribution in [0.4, 0.5) is 0 Å². The van der Waals surface area contributed by atoms with Crippen LogP contribution in [0, 0.1) is 12.8 Å². The first-order valence-electron chi connectivity index (χ1n) is 6.60. The average Bonchev–Trinajstić information content (AvgIpc) is 2.66. The molecular formula is C15H22N2O. The van der Waals surface area contributed by atoms with Crippen LogP contribution in [0.5, 0.6) is 0 Å². The summed E-state index contributed by atoms with van der Waals surface area (Å²) in [5.41, 5.74) is 8.52. The molecule has 98 valence electrons. The molecule has 2 rings (SSSR count). The van der Waals surface area contributed by atoms with Crippen LogP contribution in [0.25, 0.3) is 0 Å². The molecule has 3 N–H and O–H groups in total. The molecule has 0 spiro atoms. The van der Waals surface area contributed by atoms with Gasteiger partial charge in [-0.15, -0.1) is 0 Å². The van der Waals surface area contributed by atoms with Crippen LogP contribution < -0.4 is 11.1 Å². The van der Waals surface area contributed by atoms with Crippen molar-refractivity contribution in [2.75, 3.05) is 6.54 Å². The number of carbonyl (C=O) groups excluding carboxylic acids is 1. The summed E-state index contributed by atoms with van der Waals surface area (Å²) < 4.78 is 0. The maximum Gasteiger partial charge on any atom is 0.242 e. The normalized spacial score (nSPS) is 22.2. The third kappa shape index (κ3) is 2.15. The van der Waals surface area contributed by atoms with Gasteiger partial charge in [-0.1, -0.05) is 37.6 Å². The van der Waals surface area contributed by atoms with Crippen LogP contribution in [0.3, 0.4) is 0 Å². The Morgan fingerprint density at radius 3 is 2.83 bits per heavy atom. The number of hydrogen-bond acceptors (Lipinski definition) is 2. The summed E-state index contributed by atoms with van der Waals surface area (Å²) in [5.74, 6) is 0.239. The van der Waals surface area contributed by atoms with E-state index in [2.05, 4.69) is 37.4 Å². The van der Waals surface area contributed by atoms with Crippen molar-refractivity contribution in [3.8, 4) is 0 Å². The van der Waals surface area contributed by atoms with Crippen molar-refractivity contribution in [3.63, 3.8) is 0 Å². The van der Waals surface area contributed by atoms with Gasteiger partial charge < -0.3 is 5.73 Å². The van der Waals surface area contributed by atoms with Gasteiger partial charge in [0.2, 0.25) is 5.91 Å². The topological polar surface area (TPSA) is 55.1 Å². The Balaban J connectivity index is 2.40. The molecule has 0 fully saturated rings. The van der Waals surface area contributed by atoms with Crippen molar-refractivity contribution >= 4 is 5.91 Å². The van der Waals surface area contributed by atoms with E-state index >= 15 is 0 Å². The van der Waals surface area contributed by atoms with Crippen molar-refractivity contribution in [2.24, 2.45) is 11.7 Å². The van der Waals surface area contributed by atoms with Crippen molar-refractivity contribution < 1.29 is 4.79 Å². The van der Waals surface area contributed by atoms with E-state index < -0.39 is 5.54 Å². The summed E-state index contributed by atoms with van der Waals surface area (Å²) in [7, 11) is 0. The second-order valence-corrected chi connectivity index (χ2v) is 5.70. The molecule has 3 nitrogen and oxygen atoms in total. The predicted octanol–water partition coefficient (Wildman–Crippen LogP) is 1.87. The third-order valence-corrected chi connectivity index (χ3v) is 3.73. The maximum absolute atomic E-state index is 12.0. The number of primary amides is 1. The minimum absolute atomic E-state index is 0.257. The highest BCUT2D eigenvalue weighted by Crippen LogP contribution is 2.37. The lowest BCUT2D eigenvalue weighted by molar-refractivity contribution is -0.124. The number of nitrogens with one attached hydrogen (secondary N) is 1. The standard InChI is InChI=1S/C15H22N2O/c1-10(2)9-17-15(14(16)18)7-6-12-5-4-11(3)8-13(12)15/h4-5,8,10,17H,6-7,9H2,1-3H3,(H2,16,18). The Labute approximate surface area is 109 Å². The average molecular weight is 246 g/mol. The molecule has 1 unspecified atom stereocenters. The van der Waals surface area contributed by atoms with Crippen molar-refractivity contribution in [1.82, 2.24) is 5.32 Å². The van der Waals surface area contributed by atoms with Crippen molar-refractivity contribution in [1.29, 1.82) is 0 Å². The van der Waals surface area contributed by atoms with E-state index in [1.807, 2.05) is 6.92 Å². The summed E-state index contributed by atoms with van der Waals surface area (Å²) in [6.45, 7) is 7.12. The van der Waals surface area contributed by atoms with Crippen LogP contribution in [0.15, 0.2) is 18.2 Å². The zero-order valence-corrected chi connectivity index (χ0v) is 11.4. The zero-order chi connectivity index (χ0) is 13.3. The Kier molecular flexibility index (Phi) is 3.44. The van der Waals surface area contributed by atoms with E-state index in [-0.39, 0.29) is 5.91 Å². The van der Waals surface area contributed by atoms with Crippen molar-refractivity contribution in [2.45, 2.75) is 39.2 Å². The lowest BCUT2D eigenvalue weighted by Gasteiger charge is -2.29. The SMILES string of the molecule is Cc1ccc2c(c1)C(NCC(C)C)(C(N)=O)CC2. The van der Waals surface area contributed by atoms with Gasteiger partial charge in [0, 0.05) is 0 Å². The van der Waals surface area contributed by atoms with E-state index in [9.17, 15) is 4.79 Å². The third-order valence-electron chi connectivity index (χ3n) is 3.73. The molecule has 0 aromatic heterocycles. The number of hydrogen-bond donors (Lipinski definition) is 2. The van der Waals surface area contributed by atoms with Gasteiger partial charge in [0.15, 0.2) is 0 Å². The van der Waals surface area contributed by atoms with E-state index in [0.717, 1.165) is 24.9 Å². The highest BCUT2D eigenvalue weighted by atomic mass is 16.1. The predicted molar refractivity (Wildman–Crippen MR) is 73.2 cm³/mol.